The van der Waals surface area contributed by atoms with Crippen molar-refractivity contribution in [2.24, 2.45) is 5.92 Å². The number of carbonyl (C=O) groups excluding carboxylic acids is 2. The highest BCUT2D eigenvalue weighted by Gasteiger charge is 2.30. The van der Waals surface area contributed by atoms with E-state index in [9.17, 15) is 9.59 Å². The number of alkyl halides is 1. The summed E-state index contributed by atoms with van der Waals surface area (Å²) in [6.45, 7) is 12.2. The maximum Gasteiger partial charge on any atom is 0.273 e. The van der Waals surface area contributed by atoms with E-state index in [1.165, 1.54) is 22.9 Å². The second-order valence-electron chi connectivity index (χ2n) is 8.75. The average Bonchev–Trinajstić information content (AvgIpc) is 3.02. The van der Waals surface area contributed by atoms with E-state index in [4.69, 9.17) is 16.6 Å². The van der Waals surface area contributed by atoms with Gasteiger partial charge < -0.3 is 14.4 Å². The molecule has 0 aromatic carbocycles. The van der Waals surface area contributed by atoms with Crippen molar-refractivity contribution in [2.75, 3.05) is 26.0 Å². The van der Waals surface area contributed by atoms with Gasteiger partial charge >= 0.3 is 0 Å². The topological polar surface area (TPSA) is 58.4 Å². The first-order valence-electron chi connectivity index (χ1n) is 13.1. The molecule has 1 heterocycles. The molecule has 1 aromatic heterocycles. The van der Waals surface area contributed by atoms with Crippen molar-refractivity contribution in [1.82, 2.24) is 14.5 Å². The van der Waals surface area contributed by atoms with E-state index in [-0.39, 0.29) is 29.0 Å². The summed E-state index contributed by atoms with van der Waals surface area (Å²) in [5.74, 6) is 0.687. The molecule has 1 aromatic rings. The highest BCUT2D eigenvalue weighted by atomic mass is 35.5. The van der Waals surface area contributed by atoms with Crippen LogP contribution in [-0.2, 0) is 11.3 Å². The van der Waals surface area contributed by atoms with Crippen molar-refractivity contribution < 1.29 is 14.0 Å². The molecule has 0 bridgehead atoms. The van der Waals surface area contributed by atoms with Gasteiger partial charge in [0.05, 0.1) is 6.54 Å². The van der Waals surface area contributed by atoms with Crippen LogP contribution in [-0.4, -0.2) is 54.1 Å². The van der Waals surface area contributed by atoms with Gasteiger partial charge in [-0.3, -0.25) is 9.59 Å². The van der Waals surface area contributed by atoms with Crippen LogP contribution in [0.4, 0.5) is 10.2 Å². The van der Waals surface area contributed by atoms with Crippen molar-refractivity contribution in [3.05, 3.63) is 76.3 Å². The molecule has 2 amide bonds. The molecule has 1 atom stereocenters. The number of nitrogens with zero attached hydrogens (tertiary/aromatic N) is 4. The fraction of sp³-hybridized carbons (Fsp3) is 0.433. The summed E-state index contributed by atoms with van der Waals surface area (Å²) in [4.78, 5) is 32.3. The van der Waals surface area contributed by atoms with Crippen molar-refractivity contribution >= 4 is 35.3 Å². The minimum atomic E-state index is -1.43. The lowest BCUT2D eigenvalue weighted by Gasteiger charge is -2.19. The molecular weight excluding hydrogens is 503 g/mol. The number of carbonyl (C=O) groups is 2. The Morgan fingerprint density at radius 1 is 1.16 bits per heavy atom. The number of imidazole rings is 1. The van der Waals surface area contributed by atoms with Gasteiger partial charge in [0.25, 0.3) is 5.91 Å². The quantitative estimate of drug-likeness (QED) is 0.343. The minimum absolute atomic E-state index is 0.000427. The molecule has 0 saturated heterocycles. The zero-order valence-electron chi connectivity index (χ0n) is 24.1. The number of hydrogen-bond donors (Lipinski definition) is 0. The first kappa shape index (κ1) is 32.8. The van der Waals surface area contributed by atoms with Crippen molar-refractivity contribution in [3.8, 4) is 0 Å². The fourth-order valence-electron chi connectivity index (χ4n) is 3.74. The molecule has 3 rings (SSSR count). The van der Waals surface area contributed by atoms with Crippen molar-refractivity contribution in [2.45, 2.75) is 60.7 Å². The monoisotopic (exact) mass is 544 g/mol. The Labute approximate surface area is 232 Å². The van der Waals surface area contributed by atoms with Crippen LogP contribution in [0.1, 0.15) is 64.3 Å². The van der Waals surface area contributed by atoms with Gasteiger partial charge in [-0.1, -0.05) is 89.6 Å². The van der Waals surface area contributed by atoms with Crippen LogP contribution in [0.25, 0.3) is 5.57 Å². The number of aromatic nitrogens is 2. The summed E-state index contributed by atoms with van der Waals surface area (Å²) in [6, 6.07) is 0. The normalized spacial score (nSPS) is 16.4. The number of hydrogen-bond acceptors (Lipinski definition) is 3. The van der Waals surface area contributed by atoms with Crippen LogP contribution in [0.2, 0.25) is 0 Å². The van der Waals surface area contributed by atoms with Crippen LogP contribution in [0.15, 0.2) is 64.8 Å². The summed E-state index contributed by atoms with van der Waals surface area (Å²) < 4.78 is 16.7. The summed E-state index contributed by atoms with van der Waals surface area (Å²) in [7, 11) is 4.78. The molecule has 38 heavy (non-hydrogen) atoms. The Morgan fingerprint density at radius 3 is 2.39 bits per heavy atom. The minimum Gasteiger partial charge on any atom is -0.343 e. The van der Waals surface area contributed by atoms with Gasteiger partial charge in [0, 0.05) is 31.7 Å². The Kier molecular flexibility index (Phi) is 13.8. The molecule has 0 saturated carbocycles. The molecular formula is C30H42ClFN4O2. The van der Waals surface area contributed by atoms with Crippen molar-refractivity contribution in [1.29, 1.82) is 0 Å². The fourth-order valence-corrected chi connectivity index (χ4v) is 3.98. The van der Waals surface area contributed by atoms with E-state index in [1.54, 1.807) is 36.9 Å². The van der Waals surface area contributed by atoms with Gasteiger partial charge in [0.2, 0.25) is 6.41 Å². The lowest BCUT2D eigenvalue weighted by atomic mass is 10.0. The molecule has 0 aliphatic heterocycles. The molecule has 1 unspecified atom stereocenters. The summed E-state index contributed by atoms with van der Waals surface area (Å²) in [6.07, 6.45) is 14.2. The maximum absolute atomic E-state index is 15.0. The SMILES string of the molecule is CC.CC.CC(C)C1=CC=C(c2nc(N(C)C=O)c(C(=O)N(C)C)n2CC2=C(Cl)C=CC=CC2F)CC=C1. The highest BCUT2D eigenvalue weighted by molar-refractivity contribution is 6.31. The Morgan fingerprint density at radius 2 is 1.82 bits per heavy atom. The first-order valence-corrected chi connectivity index (χ1v) is 13.5. The van der Waals surface area contributed by atoms with E-state index in [1.807, 2.05) is 45.9 Å². The molecule has 0 radical (unpaired) electrons. The van der Waals surface area contributed by atoms with E-state index in [0.717, 1.165) is 11.1 Å². The Balaban J connectivity index is 0.00000172. The van der Waals surface area contributed by atoms with Crippen LogP contribution in [0, 0.1) is 5.92 Å². The number of amides is 2. The molecule has 2 aliphatic rings. The third-order valence-electron chi connectivity index (χ3n) is 5.73. The Hall–Kier alpha value is -3.19. The molecule has 0 fully saturated rings. The van der Waals surface area contributed by atoms with Gasteiger partial charge in [0.15, 0.2) is 11.5 Å². The number of rotatable bonds is 7. The maximum atomic E-state index is 15.0. The van der Waals surface area contributed by atoms with E-state index >= 15 is 4.39 Å². The molecule has 6 nitrogen and oxygen atoms in total. The summed E-state index contributed by atoms with van der Waals surface area (Å²) in [5, 5.41) is 0.266. The standard InChI is InChI=1S/C26H30ClFN4O2.2C2H6/c1-17(2)18-9-8-10-19(14-13-18)24-29-25(31(5)16-33)23(26(34)30(3)4)32(24)15-20-21(27)11-6-7-12-22(20)28;2*1-2/h6-9,11-14,16-17,22H,10,15H2,1-5H3;2*1-2H3. The molecule has 208 valence electrons. The highest BCUT2D eigenvalue weighted by Crippen LogP contribution is 2.32. The van der Waals surface area contributed by atoms with Gasteiger partial charge in [-0.05, 0) is 35.6 Å². The zero-order valence-corrected chi connectivity index (χ0v) is 24.9. The largest absolute Gasteiger partial charge is 0.343 e. The lowest BCUT2D eigenvalue weighted by molar-refractivity contribution is -0.107. The summed E-state index contributed by atoms with van der Waals surface area (Å²) >= 11 is 6.42. The second-order valence-corrected chi connectivity index (χ2v) is 9.16. The smallest absolute Gasteiger partial charge is 0.273 e. The van der Waals surface area contributed by atoms with Crippen LogP contribution >= 0.6 is 11.6 Å². The summed E-state index contributed by atoms with van der Waals surface area (Å²) in [5.41, 5.74) is 2.51. The van der Waals surface area contributed by atoms with E-state index in [0.29, 0.717) is 30.1 Å². The molecule has 2 aliphatic carbocycles. The average molecular weight is 545 g/mol. The van der Waals surface area contributed by atoms with Crippen LogP contribution < -0.4 is 4.90 Å². The zero-order chi connectivity index (χ0) is 29.0. The van der Waals surface area contributed by atoms with Gasteiger partial charge in [-0.15, -0.1) is 0 Å². The first-order chi connectivity index (χ1) is 18.1. The molecule has 0 spiro atoms. The second kappa shape index (κ2) is 15.9. The number of allylic oxidation sites excluding steroid dienone is 12. The molecule has 8 heteroatoms. The third-order valence-corrected chi connectivity index (χ3v) is 6.10. The van der Waals surface area contributed by atoms with Crippen LogP contribution in [0.5, 0.6) is 0 Å². The predicted octanol–water partition coefficient (Wildman–Crippen LogP) is 7.11. The third kappa shape index (κ3) is 7.90. The number of halogens is 2. The van der Waals surface area contributed by atoms with E-state index < -0.39 is 6.17 Å². The number of anilines is 1. The van der Waals surface area contributed by atoms with Gasteiger partial charge in [0.1, 0.15) is 12.0 Å². The van der Waals surface area contributed by atoms with Gasteiger partial charge in [-0.2, -0.15) is 0 Å². The van der Waals surface area contributed by atoms with E-state index in [2.05, 4.69) is 19.9 Å². The van der Waals surface area contributed by atoms with Gasteiger partial charge in [-0.25, -0.2) is 9.37 Å². The van der Waals surface area contributed by atoms with Crippen LogP contribution in [0.3, 0.4) is 0 Å². The molecule has 0 N–H and O–H groups in total. The lowest BCUT2D eigenvalue weighted by Crippen LogP contribution is -2.28. The van der Waals surface area contributed by atoms with Crippen molar-refractivity contribution in [3.63, 3.8) is 0 Å². The predicted molar refractivity (Wildman–Crippen MR) is 158 cm³/mol. The Bertz CT molecular complexity index is 1150.